The average molecular weight is 171 g/mol. The van der Waals surface area contributed by atoms with Crippen molar-refractivity contribution in [1.29, 1.82) is 0 Å². The molecule has 0 amide bonds. The van der Waals surface area contributed by atoms with Crippen LogP contribution in [-0.4, -0.2) is 31.0 Å². The molecule has 3 nitrogen and oxygen atoms in total. The van der Waals surface area contributed by atoms with Gasteiger partial charge in [-0.15, -0.1) is 0 Å². The van der Waals surface area contributed by atoms with E-state index in [9.17, 15) is 0 Å². The van der Waals surface area contributed by atoms with E-state index in [1.54, 1.807) is 0 Å². The molecule has 3 atom stereocenters. The normalized spacial score (nSPS) is 47.5. The predicted octanol–water partition coefficient (Wildman–Crippen LogP) is 0.672. The van der Waals surface area contributed by atoms with Crippen molar-refractivity contribution < 1.29 is 9.47 Å². The minimum Gasteiger partial charge on any atom is -0.375 e. The van der Waals surface area contributed by atoms with Crippen LogP contribution in [0.1, 0.15) is 26.2 Å². The third kappa shape index (κ3) is 1.16. The molecule has 0 aromatic carbocycles. The molecule has 0 aromatic heterocycles. The zero-order chi connectivity index (χ0) is 8.60. The van der Waals surface area contributed by atoms with E-state index in [0.29, 0.717) is 6.54 Å². The van der Waals surface area contributed by atoms with Crippen molar-refractivity contribution in [2.45, 2.75) is 44.0 Å². The van der Waals surface area contributed by atoms with Crippen molar-refractivity contribution >= 4 is 0 Å². The Morgan fingerprint density at radius 1 is 1.50 bits per heavy atom. The molecule has 2 rings (SSSR count). The van der Waals surface area contributed by atoms with Crippen LogP contribution in [0, 0.1) is 0 Å². The number of ether oxygens (including phenoxy) is 2. The van der Waals surface area contributed by atoms with Gasteiger partial charge in [-0.25, -0.2) is 0 Å². The third-order valence-corrected chi connectivity index (χ3v) is 3.19. The highest BCUT2D eigenvalue weighted by molar-refractivity contribution is 4.97. The van der Waals surface area contributed by atoms with Crippen molar-refractivity contribution in [3.8, 4) is 0 Å². The van der Waals surface area contributed by atoms with Gasteiger partial charge >= 0.3 is 0 Å². The molecule has 2 fully saturated rings. The van der Waals surface area contributed by atoms with Crippen molar-refractivity contribution in [1.82, 2.24) is 0 Å². The maximum absolute atomic E-state index is 5.92. The summed E-state index contributed by atoms with van der Waals surface area (Å²) in [6.07, 6.45) is 3.80. The summed E-state index contributed by atoms with van der Waals surface area (Å²) in [5.74, 6) is 0. The molecule has 2 aliphatic rings. The Labute approximate surface area is 73.2 Å². The van der Waals surface area contributed by atoms with Gasteiger partial charge < -0.3 is 15.2 Å². The summed E-state index contributed by atoms with van der Waals surface area (Å²) in [5.41, 5.74) is 5.58. The van der Waals surface area contributed by atoms with Gasteiger partial charge in [0.05, 0.1) is 17.8 Å². The SMILES string of the molecule is C[C@@H]1OCC[C@@]12CC[C@H](CN)O2. The van der Waals surface area contributed by atoms with Crippen LogP contribution in [0.4, 0.5) is 0 Å². The summed E-state index contributed by atoms with van der Waals surface area (Å²) in [6.45, 7) is 3.60. The van der Waals surface area contributed by atoms with Crippen molar-refractivity contribution in [2.75, 3.05) is 13.2 Å². The lowest BCUT2D eigenvalue weighted by atomic mass is 9.93. The lowest BCUT2D eigenvalue weighted by molar-refractivity contribution is -0.0753. The Balaban J connectivity index is 2.04. The van der Waals surface area contributed by atoms with Gasteiger partial charge in [-0.3, -0.25) is 0 Å². The molecule has 70 valence electrons. The lowest BCUT2D eigenvalue weighted by Gasteiger charge is -2.27. The van der Waals surface area contributed by atoms with Crippen LogP contribution in [-0.2, 0) is 9.47 Å². The number of hydrogen-bond donors (Lipinski definition) is 1. The molecule has 2 N–H and O–H groups in total. The van der Waals surface area contributed by atoms with E-state index in [2.05, 4.69) is 6.92 Å². The van der Waals surface area contributed by atoms with E-state index in [4.69, 9.17) is 15.2 Å². The second-order valence-corrected chi connectivity index (χ2v) is 3.84. The third-order valence-electron chi connectivity index (χ3n) is 3.19. The van der Waals surface area contributed by atoms with Gasteiger partial charge in [0.1, 0.15) is 0 Å². The van der Waals surface area contributed by atoms with Crippen LogP contribution in [0.2, 0.25) is 0 Å². The minimum atomic E-state index is 0.0179. The first kappa shape index (κ1) is 8.48. The molecule has 0 unspecified atom stereocenters. The van der Waals surface area contributed by atoms with E-state index in [1.165, 1.54) is 0 Å². The molecule has 2 heterocycles. The van der Waals surface area contributed by atoms with Crippen LogP contribution < -0.4 is 5.73 Å². The van der Waals surface area contributed by atoms with E-state index in [1.807, 2.05) is 0 Å². The monoisotopic (exact) mass is 171 g/mol. The van der Waals surface area contributed by atoms with Crippen molar-refractivity contribution in [3.05, 3.63) is 0 Å². The van der Waals surface area contributed by atoms with Crippen molar-refractivity contribution in [3.63, 3.8) is 0 Å². The summed E-state index contributed by atoms with van der Waals surface area (Å²) in [5, 5.41) is 0. The fourth-order valence-corrected chi connectivity index (χ4v) is 2.27. The van der Waals surface area contributed by atoms with Gasteiger partial charge in [0, 0.05) is 19.6 Å². The molecule has 12 heavy (non-hydrogen) atoms. The van der Waals surface area contributed by atoms with Crippen LogP contribution in [0.3, 0.4) is 0 Å². The van der Waals surface area contributed by atoms with Crippen LogP contribution >= 0.6 is 0 Å². The topological polar surface area (TPSA) is 44.5 Å². The quantitative estimate of drug-likeness (QED) is 0.630. The Hall–Kier alpha value is -0.120. The fourth-order valence-electron chi connectivity index (χ4n) is 2.27. The Kier molecular flexibility index (Phi) is 2.10. The maximum Gasteiger partial charge on any atom is 0.0967 e. The van der Waals surface area contributed by atoms with Crippen molar-refractivity contribution in [2.24, 2.45) is 5.73 Å². The van der Waals surface area contributed by atoms with E-state index < -0.39 is 0 Å². The predicted molar refractivity (Wildman–Crippen MR) is 45.9 cm³/mol. The Morgan fingerprint density at radius 2 is 2.33 bits per heavy atom. The Bertz CT molecular complexity index is 174. The molecule has 3 heteroatoms. The highest BCUT2D eigenvalue weighted by atomic mass is 16.6. The second kappa shape index (κ2) is 2.98. The van der Waals surface area contributed by atoms with E-state index >= 15 is 0 Å². The first-order valence-corrected chi connectivity index (χ1v) is 4.76. The maximum atomic E-state index is 5.92. The zero-order valence-corrected chi connectivity index (χ0v) is 7.58. The molecule has 0 bridgehead atoms. The summed E-state index contributed by atoms with van der Waals surface area (Å²) < 4.78 is 11.4. The number of rotatable bonds is 1. The molecule has 0 aliphatic carbocycles. The van der Waals surface area contributed by atoms with Crippen LogP contribution in [0.25, 0.3) is 0 Å². The van der Waals surface area contributed by atoms with Gasteiger partial charge in [0.2, 0.25) is 0 Å². The molecule has 1 spiro atoms. The highest BCUT2D eigenvalue weighted by Crippen LogP contribution is 2.40. The first-order chi connectivity index (χ1) is 5.77. The molecule has 0 aromatic rings. The van der Waals surface area contributed by atoms with Gasteiger partial charge in [0.25, 0.3) is 0 Å². The highest BCUT2D eigenvalue weighted by Gasteiger charge is 2.47. The number of hydrogen-bond acceptors (Lipinski definition) is 3. The largest absolute Gasteiger partial charge is 0.375 e. The van der Waals surface area contributed by atoms with Gasteiger partial charge in [-0.2, -0.15) is 0 Å². The van der Waals surface area contributed by atoms with Gasteiger partial charge in [0.15, 0.2) is 0 Å². The second-order valence-electron chi connectivity index (χ2n) is 3.84. The summed E-state index contributed by atoms with van der Waals surface area (Å²) in [6, 6.07) is 0. The van der Waals surface area contributed by atoms with Crippen LogP contribution in [0.5, 0.6) is 0 Å². The molecular weight excluding hydrogens is 154 g/mol. The molecule has 0 saturated carbocycles. The molecule has 2 aliphatic heterocycles. The van der Waals surface area contributed by atoms with Gasteiger partial charge in [-0.1, -0.05) is 0 Å². The average Bonchev–Trinajstić information content (AvgIpc) is 2.63. The first-order valence-electron chi connectivity index (χ1n) is 4.76. The molecule has 0 radical (unpaired) electrons. The fraction of sp³-hybridized carbons (Fsp3) is 1.00. The summed E-state index contributed by atoms with van der Waals surface area (Å²) >= 11 is 0. The van der Waals surface area contributed by atoms with Gasteiger partial charge in [-0.05, 0) is 19.8 Å². The minimum absolute atomic E-state index is 0.0179. The summed E-state index contributed by atoms with van der Waals surface area (Å²) in [4.78, 5) is 0. The van der Waals surface area contributed by atoms with E-state index in [-0.39, 0.29) is 17.8 Å². The lowest BCUT2D eigenvalue weighted by Crippen LogP contribution is -2.37. The summed E-state index contributed by atoms with van der Waals surface area (Å²) in [7, 11) is 0. The number of nitrogens with two attached hydrogens (primary N) is 1. The smallest absolute Gasteiger partial charge is 0.0967 e. The van der Waals surface area contributed by atoms with Crippen LogP contribution in [0.15, 0.2) is 0 Å². The zero-order valence-electron chi connectivity index (χ0n) is 7.58. The molecular formula is C9H17NO2. The standard InChI is InChI=1S/C9H17NO2/c1-7-9(4-5-11-7)3-2-8(6-10)12-9/h7-8H,2-6,10H2,1H3/t7-,8+,9-/m0/s1. The van der Waals surface area contributed by atoms with E-state index in [0.717, 1.165) is 25.9 Å². The molecule has 2 saturated heterocycles. The Morgan fingerprint density at radius 3 is 2.83 bits per heavy atom.